The summed E-state index contributed by atoms with van der Waals surface area (Å²) in [6, 6.07) is 25.4. The van der Waals surface area contributed by atoms with Crippen LogP contribution in [-0.4, -0.2) is 49.1 Å². The van der Waals surface area contributed by atoms with Gasteiger partial charge >= 0.3 is 0 Å². The second-order valence-electron chi connectivity index (χ2n) is 7.85. The van der Waals surface area contributed by atoms with Crippen LogP contribution in [0.5, 0.6) is 0 Å². The zero-order valence-electron chi connectivity index (χ0n) is 18.1. The lowest BCUT2D eigenvalue weighted by atomic mass is 10.1. The van der Waals surface area contributed by atoms with Gasteiger partial charge in [-0.2, -0.15) is 4.31 Å². The van der Waals surface area contributed by atoms with Crippen molar-refractivity contribution in [3.8, 4) is 0 Å². The molecule has 170 valence electrons. The lowest BCUT2D eigenvalue weighted by Crippen LogP contribution is -2.49. The molecule has 0 saturated carbocycles. The number of hydrogen-bond donors (Lipinski definition) is 1. The first-order valence-electron chi connectivity index (χ1n) is 10.7. The van der Waals surface area contributed by atoms with E-state index in [9.17, 15) is 18.0 Å². The average molecular weight is 464 g/mol. The topological polar surface area (TPSA) is 86.8 Å². The second kappa shape index (κ2) is 9.97. The predicted octanol–water partition coefficient (Wildman–Crippen LogP) is 2.65. The monoisotopic (exact) mass is 463 g/mol. The molecule has 3 aromatic rings. The molecule has 7 nitrogen and oxygen atoms in total. The van der Waals surface area contributed by atoms with Crippen LogP contribution in [0.1, 0.15) is 21.5 Å². The van der Waals surface area contributed by atoms with Crippen LogP contribution >= 0.6 is 0 Å². The van der Waals surface area contributed by atoms with E-state index in [1.165, 1.54) is 24.3 Å². The molecule has 4 rings (SSSR count). The molecule has 1 saturated heterocycles. The highest BCUT2D eigenvalue weighted by Crippen LogP contribution is 2.19. The predicted molar refractivity (Wildman–Crippen MR) is 125 cm³/mol. The minimum absolute atomic E-state index is 0.0615. The highest BCUT2D eigenvalue weighted by atomic mass is 32.2. The fraction of sp³-hybridized carbons (Fsp3) is 0.200. The van der Waals surface area contributed by atoms with Crippen LogP contribution < -0.4 is 5.32 Å². The fourth-order valence-electron chi connectivity index (χ4n) is 3.73. The molecule has 1 N–H and O–H groups in total. The van der Waals surface area contributed by atoms with E-state index in [-0.39, 0.29) is 36.3 Å². The molecule has 0 aromatic heterocycles. The van der Waals surface area contributed by atoms with Gasteiger partial charge in [-0.3, -0.25) is 9.59 Å². The van der Waals surface area contributed by atoms with Crippen molar-refractivity contribution in [2.75, 3.05) is 19.6 Å². The molecule has 0 unspecified atom stereocenters. The van der Waals surface area contributed by atoms with Gasteiger partial charge in [-0.1, -0.05) is 60.7 Å². The number of rotatable bonds is 7. The van der Waals surface area contributed by atoms with Crippen molar-refractivity contribution in [3.05, 3.63) is 102 Å². The third-order valence-corrected chi connectivity index (χ3v) is 7.32. The summed E-state index contributed by atoms with van der Waals surface area (Å²) in [5.41, 5.74) is 2.41. The molecule has 0 spiro atoms. The molecule has 1 aliphatic rings. The van der Waals surface area contributed by atoms with Crippen LogP contribution in [0.2, 0.25) is 0 Å². The van der Waals surface area contributed by atoms with Crippen molar-refractivity contribution >= 4 is 21.8 Å². The molecule has 3 aromatic carbocycles. The van der Waals surface area contributed by atoms with E-state index in [4.69, 9.17) is 0 Å². The number of hydrogen-bond acceptors (Lipinski definition) is 4. The number of amides is 2. The van der Waals surface area contributed by atoms with Crippen molar-refractivity contribution in [2.24, 2.45) is 0 Å². The van der Waals surface area contributed by atoms with E-state index in [1.807, 2.05) is 60.7 Å². The van der Waals surface area contributed by atoms with Gasteiger partial charge in [-0.15, -0.1) is 0 Å². The third-order valence-electron chi connectivity index (χ3n) is 5.46. The molecule has 1 aliphatic heterocycles. The number of carbonyl (C=O) groups excluding carboxylic acids is 2. The summed E-state index contributed by atoms with van der Waals surface area (Å²) in [6.45, 7) is 1.15. The lowest BCUT2D eigenvalue weighted by Gasteiger charge is -2.26. The van der Waals surface area contributed by atoms with Crippen molar-refractivity contribution in [2.45, 2.75) is 18.0 Å². The van der Waals surface area contributed by atoms with E-state index >= 15 is 0 Å². The zero-order chi connectivity index (χ0) is 23.3. The van der Waals surface area contributed by atoms with Crippen LogP contribution in [0.25, 0.3) is 0 Å². The van der Waals surface area contributed by atoms with Crippen LogP contribution in [0.4, 0.5) is 0 Å². The molecule has 1 heterocycles. The summed E-state index contributed by atoms with van der Waals surface area (Å²) >= 11 is 0. The molecule has 0 atom stereocenters. The largest absolute Gasteiger partial charge is 0.354 e. The molecule has 33 heavy (non-hydrogen) atoms. The number of benzene rings is 3. The van der Waals surface area contributed by atoms with Crippen molar-refractivity contribution < 1.29 is 18.0 Å². The first-order chi connectivity index (χ1) is 15.9. The average Bonchev–Trinajstić information content (AvgIpc) is 2.84. The Balaban J connectivity index is 1.56. The van der Waals surface area contributed by atoms with Gasteiger partial charge in [0, 0.05) is 31.7 Å². The van der Waals surface area contributed by atoms with E-state index < -0.39 is 10.0 Å². The molecule has 0 radical (unpaired) electrons. The summed E-state index contributed by atoms with van der Waals surface area (Å²) in [5, 5.41) is 2.62. The number of nitrogens with zero attached hydrogens (tertiary/aromatic N) is 2. The van der Waals surface area contributed by atoms with E-state index in [2.05, 4.69) is 5.32 Å². The Morgan fingerprint density at radius 1 is 0.848 bits per heavy atom. The summed E-state index contributed by atoms with van der Waals surface area (Å²) in [7, 11) is -3.81. The molecular weight excluding hydrogens is 438 g/mol. The number of sulfonamides is 1. The van der Waals surface area contributed by atoms with Crippen LogP contribution in [0, 0.1) is 0 Å². The van der Waals surface area contributed by atoms with Crippen LogP contribution in [0.3, 0.4) is 0 Å². The van der Waals surface area contributed by atoms with Gasteiger partial charge in [0.25, 0.3) is 5.91 Å². The molecule has 2 amide bonds. The van der Waals surface area contributed by atoms with Crippen molar-refractivity contribution in [1.82, 2.24) is 14.5 Å². The van der Waals surface area contributed by atoms with Gasteiger partial charge in [0.1, 0.15) is 0 Å². The maximum Gasteiger partial charge on any atom is 0.254 e. The third kappa shape index (κ3) is 5.47. The van der Waals surface area contributed by atoms with Crippen LogP contribution in [-0.2, 0) is 27.9 Å². The van der Waals surface area contributed by atoms with Gasteiger partial charge in [0.05, 0.1) is 11.4 Å². The van der Waals surface area contributed by atoms with Gasteiger partial charge in [0.2, 0.25) is 15.9 Å². The highest BCUT2D eigenvalue weighted by Gasteiger charge is 2.29. The first-order valence-corrected chi connectivity index (χ1v) is 12.1. The minimum atomic E-state index is -3.81. The van der Waals surface area contributed by atoms with Crippen molar-refractivity contribution in [1.29, 1.82) is 0 Å². The highest BCUT2D eigenvalue weighted by molar-refractivity contribution is 7.89. The quantitative estimate of drug-likeness (QED) is 0.584. The molecule has 1 fully saturated rings. The maximum absolute atomic E-state index is 13.4. The Labute approximate surface area is 193 Å². The standard InChI is InChI=1S/C25H25N3O4S/c29-24-19-28(16-15-26-24)33(31,32)23-13-11-22(12-14-23)25(30)27(17-20-7-3-1-4-8-20)18-21-9-5-2-6-10-21/h1-14H,15-19H2,(H,26,29). The Morgan fingerprint density at radius 3 is 1.91 bits per heavy atom. The van der Waals surface area contributed by atoms with Gasteiger partial charge < -0.3 is 10.2 Å². The lowest BCUT2D eigenvalue weighted by molar-refractivity contribution is -0.122. The van der Waals surface area contributed by atoms with E-state index in [1.54, 1.807) is 4.90 Å². The van der Waals surface area contributed by atoms with Gasteiger partial charge in [0.15, 0.2) is 0 Å². The number of nitrogens with one attached hydrogen (secondary N) is 1. The number of carbonyl (C=O) groups is 2. The summed E-state index contributed by atoms with van der Waals surface area (Å²) in [4.78, 5) is 26.8. The second-order valence-corrected chi connectivity index (χ2v) is 9.78. The smallest absolute Gasteiger partial charge is 0.254 e. The summed E-state index contributed by atoms with van der Waals surface area (Å²) in [5.74, 6) is -0.516. The zero-order valence-corrected chi connectivity index (χ0v) is 18.9. The Morgan fingerprint density at radius 2 is 1.39 bits per heavy atom. The van der Waals surface area contributed by atoms with E-state index in [0.29, 0.717) is 18.7 Å². The van der Waals surface area contributed by atoms with E-state index in [0.717, 1.165) is 15.4 Å². The van der Waals surface area contributed by atoms with Gasteiger partial charge in [-0.25, -0.2) is 8.42 Å². The minimum Gasteiger partial charge on any atom is -0.354 e. The first kappa shape index (κ1) is 22.7. The molecule has 0 bridgehead atoms. The molecular formula is C25H25N3O4S. The Kier molecular flexibility index (Phi) is 6.86. The SMILES string of the molecule is O=C1CN(S(=O)(=O)c2ccc(C(=O)N(Cc3ccccc3)Cc3ccccc3)cc2)CCN1. The van der Waals surface area contributed by atoms with Gasteiger partial charge in [-0.05, 0) is 35.4 Å². The summed E-state index contributed by atoms with van der Waals surface area (Å²) < 4.78 is 26.9. The molecule has 0 aliphatic carbocycles. The number of piperazine rings is 1. The van der Waals surface area contributed by atoms with Crippen molar-refractivity contribution in [3.63, 3.8) is 0 Å². The summed E-state index contributed by atoms with van der Waals surface area (Å²) in [6.07, 6.45) is 0. The molecule has 8 heteroatoms. The maximum atomic E-state index is 13.4. The Bertz CT molecular complexity index is 1170. The fourth-order valence-corrected chi connectivity index (χ4v) is 5.13. The normalized spacial score (nSPS) is 14.5. The Hall–Kier alpha value is -3.49. The van der Waals surface area contributed by atoms with Crippen LogP contribution in [0.15, 0.2) is 89.8 Å².